The van der Waals surface area contributed by atoms with Crippen molar-refractivity contribution in [2.45, 2.75) is 41.7 Å². The van der Waals surface area contributed by atoms with Crippen LogP contribution in [0.15, 0.2) is 33.6 Å². The molecular weight excluding hydrogens is 336 g/mol. The van der Waals surface area contributed by atoms with Crippen LogP contribution in [-0.4, -0.2) is 17.2 Å². The van der Waals surface area contributed by atoms with Crippen molar-refractivity contribution in [3.8, 4) is 6.07 Å². The Balaban J connectivity index is 2.21. The average molecular weight is 353 g/mol. The molecule has 1 aliphatic carbocycles. The second kappa shape index (κ2) is 7.14. The van der Waals surface area contributed by atoms with Gasteiger partial charge in [-0.05, 0) is 40.9 Å². The van der Waals surface area contributed by atoms with Crippen LogP contribution in [0.4, 0.5) is 0 Å². The van der Waals surface area contributed by atoms with E-state index in [1.807, 2.05) is 30.3 Å². The molecule has 0 saturated heterocycles. The Bertz CT molecular complexity index is 521. The van der Waals surface area contributed by atoms with Crippen LogP contribution in [0.5, 0.6) is 0 Å². The van der Waals surface area contributed by atoms with Gasteiger partial charge in [0.15, 0.2) is 0 Å². The minimum absolute atomic E-state index is 0.000460. The van der Waals surface area contributed by atoms with Gasteiger partial charge in [-0.25, -0.2) is 0 Å². The fourth-order valence-corrected chi connectivity index (χ4v) is 4.44. The van der Waals surface area contributed by atoms with Crippen LogP contribution in [0.25, 0.3) is 0 Å². The van der Waals surface area contributed by atoms with E-state index < -0.39 is 4.75 Å². The van der Waals surface area contributed by atoms with Crippen molar-refractivity contribution in [3.05, 3.63) is 28.7 Å². The molecule has 2 rings (SSSR count). The molecule has 106 valence electrons. The summed E-state index contributed by atoms with van der Waals surface area (Å²) in [7, 11) is 0. The van der Waals surface area contributed by atoms with Gasteiger partial charge >= 0.3 is 0 Å². The summed E-state index contributed by atoms with van der Waals surface area (Å²) < 4.78 is 0.585. The van der Waals surface area contributed by atoms with Gasteiger partial charge in [-0.15, -0.1) is 11.8 Å². The smallest absolute Gasteiger partial charge is 0.237 e. The van der Waals surface area contributed by atoms with E-state index in [0.29, 0.717) is 0 Å². The number of benzene rings is 1. The van der Waals surface area contributed by atoms with Crippen molar-refractivity contribution < 1.29 is 4.79 Å². The summed E-state index contributed by atoms with van der Waals surface area (Å²) >= 11 is 5.17. The highest BCUT2D eigenvalue weighted by molar-refractivity contribution is 9.10. The first-order chi connectivity index (χ1) is 9.68. The van der Waals surface area contributed by atoms with Gasteiger partial charge in [0.2, 0.25) is 5.91 Å². The van der Waals surface area contributed by atoms with Crippen molar-refractivity contribution in [2.24, 2.45) is 0 Å². The molecule has 0 aliphatic heterocycles. The molecule has 1 aromatic rings. The highest BCUT2D eigenvalue weighted by atomic mass is 79.9. The van der Waals surface area contributed by atoms with E-state index in [2.05, 4.69) is 21.2 Å². The normalized spacial score (nSPS) is 17.2. The Morgan fingerprint density at radius 1 is 1.35 bits per heavy atom. The third-order valence-corrected chi connectivity index (χ3v) is 6.06. The second-order valence-corrected chi connectivity index (χ2v) is 7.21. The molecule has 0 unspecified atom stereocenters. The van der Waals surface area contributed by atoms with Crippen molar-refractivity contribution in [1.29, 1.82) is 5.26 Å². The highest BCUT2D eigenvalue weighted by Gasteiger charge is 2.40. The second-order valence-electron chi connectivity index (χ2n) is 4.93. The Morgan fingerprint density at radius 2 is 2.05 bits per heavy atom. The quantitative estimate of drug-likeness (QED) is 0.836. The molecular formula is C15H17BrN2OS. The number of nitrogens with zero attached hydrogens (tertiary/aromatic N) is 1. The zero-order valence-electron chi connectivity index (χ0n) is 11.2. The fraction of sp³-hybridized carbons (Fsp3) is 0.467. The molecule has 1 amide bonds. The lowest BCUT2D eigenvalue weighted by atomic mass is 9.87. The van der Waals surface area contributed by atoms with Gasteiger partial charge < -0.3 is 5.32 Å². The van der Waals surface area contributed by atoms with E-state index in [4.69, 9.17) is 5.26 Å². The van der Waals surface area contributed by atoms with E-state index in [9.17, 15) is 4.79 Å². The maximum atomic E-state index is 12.5. The summed E-state index contributed by atoms with van der Waals surface area (Å²) in [5.41, 5.74) is 0. The number of hydrogen-bond donors (Lipinski definition) is 1. The first-order valence-corrected chi connectivity index (χ1v) is 8.38. The lowest BCUT2D eigenvalue weighted by molar-refractivity contribution is -0.124. The maximum absolute atomic E-state index is 12.5. The lowest BCUT2D eigenvalue weighted by Gasteiger charge is -2.35. The van der Waals surface area contributed by atoms with Crippen LogP contribution in [0.1, 0.15) is 32.1 Å². The number of hydrogen-bond acceptors (Lipinski definition) is 3. The van der Waals surface area contributed by atoms with Crippen LogP contribution in [0, 0.1) is 11.3 Å². The van der Waals surface area contributed by atoms with Gasteiger partial charge in [-0.3, -0.25) is 4.79 Å². The molecule has 0 radical (unpaired) electrons. The topological polar surface area (TPSA) is 52.9 Å². The number of carbonyl (C=O) groups is 1. The molecule has 0 spiro atoms. The Morgan fingerprint density at radius 3 is 2.70 bits per heavy atom. The zero-order chi connectivity index (χ0) is 14.4. The highest BCUT2D eigenvalue weighted by Crippen LogP contribution is 2.45. The van der Waals surface area contributed by atoms with Gasteiger partial charge in [0, 0.05) is 9.37 Å². The van der Waals surface area contributed by atoms with Crippen molar-refractivity contribution >= 4 is 33.6 Å². The molecule has 0 aromatic heterocycles. The Hall–Kier alpha value is -0.990. The number of amides is 1. The Labute approximate surface area is 132 Å². The molecule has 1 aliphatic rings. The van der Waals surface area contributed by atoms with Crippen LogP contribution in [0.2, 0.25) is 0 Å². The molecule has 0 bridgehead atoms. The molecule has 5 heteroatoms. The van der Waals surface area contributed by atoms with Gasteiger partial charge in [0.1, 0.15) is 6.54 Å². The van der Waals surface area contributed by atoms with Crippen molar-refractivity contribution in [2.75, 3.05) is 6.54 Å². The first-order valence-electron chi connectivity index (χ1n) is 6.77. The fourth-order valence-electron chi connectivity index (χ4n) is 2.52. The third kappa shape index (κ3) is 3.56. The van der Waals surface area contributed by atoms with Gasteiger partial charge in [-0.1, -0.05) is 31.4 Å². The molecule has 1 fully saturated rings. The number of halogens is 1. The first kappa shape index (κ1) is 15.4. The van der Waals surface area contributed by atoms with E-state index >= 15 is 0 Å². The van der Waals surface area contributed by atoms with Crippen molar-refractivity contribution in [3.63, 3.8) is 0 Å². The van der Waals surface area contributed by atoms with Crippen LogP contribution < -0.4 is 5.32 Å². The summed E-state index contributed by atoms with van der Waals surface area (Å²) in [6.45, 7) is 0.0805. The van der Waals surface area contributed by atoms with E-state index in [1.54, 1.807) is 11.8 Å². The lowest BCUT2D eigenvalue weighted by Crippen LogP contribution is -2.45. The van der Waals surface area contributed by atoms with Gasteiger partial charge in [0.05, 0.1) is 10.8 Å². The summed E-state index contributed by atoms with van der Waals surface area (Å²) in [4.78, 5) is 13.6. The molecule has 1 aromatic carbocycles. The molecule has 0 atom stereocenters. The predicted octanol–water partition coefficient (Wildman–Crippen LogP) is 3.88. The monoisotopic (exact) mass is 352 g/mol. The molecule has 3 nitrogen and oxygen atoms in total. The minimum Gasteiger partial charge on any atom is -0.342 e. The largest absolute Gasteiger partial charge is 0.342 e. The number of rotatable bonds is 4. The van der Waals surface area contributed by atoms with Crippen LogP contribution in [-0.2, 0) is 4.79 Å². The van der Waals surface area contributed by atoms with Crippen LogP contribution in [0.3, 0.4) is 0 Å². The van der Waals surface area contributed by atoms with Gasteiger partial charge in [0.25, 0.3) is 0 Å². The standard InChI is InChI=1S/C15H17BrN2OS/c16-12-6-2-3-7-13(12)20-15(8-4-1-5-9-15)14(19)18-11-10-17/h2-3,6-7H,1,4-5,8-9,11H2,(H,18,19). The predicted molar refractivity (Wildman–Crippen MR) is 84.4 cm³/mol. The maximum Gasteiger partial charge on any atom is 0.237 e. The third-order valence-electron chi connectivity index (χ3n) is 3.55. The average Bonchev–Trinajstić information content (AvgIpc) is 2.48. The minimum atomic E-state index is -0.432. The Kier molecular flexibility index (Phi) is 5.50. The summed E-state index contributed by atoms with van der Waals surface area (Å²) in [5.74, 6) is -0.000460. The molecule has 20 heavy (non-hydrogen) atoms. The molecule has 1 saturated carbocycles. The molecule has 0 heterocycles. The number of thioether (sulfide) groups is 1. The summed E-state index contributed by atoms with van der Waals surface area (Å²) in [6.07, 6.45) is 5.06. The van der Waals surface area contributed by atoms with E-state index in [0.717, 1.165) is 35.1 Å². The van der Waals surface area contributed by atoms with Crippen molar-refractivity contribution in [1.82, 2.24) is 5.32 Å². The van der Waals surface area contributed by atoms with E-state index in [-0.39, 0.29) is 12.5 Å². The summed E-state index contributed by atoms with van der Waals surface area (Å²) in [6, 6.07) is 9.95. The van der Waals surface area contributed by atoms with Gasteiger partial charge in [-0.2, -0.15) is 5.26 Å². The van der Waals surface area contributed by atoms with Crippen LogP contribution >= 0.6 is 27.7 Å². The summed E-state index contributed by atoms with van der Waals surface area (Å²) in [5, 5.41) is 11.4. The van der Waals surface area contributed by atoms with E-state index in [1.165, 1.54) is 6.42 Å². The zero-order valence-corrected chi connectivity index (χ0v) is 13.6. The molecule has 1 N–H and O–H groups in total. The number of nitriles is 1. The number of nitrogens with one attached hydrogen (secondary N) is 1. The SMILES string of the molecule is N#CCNC(=O)C1(Sc2ccccc2Br)CCCCC1. The number of carbonyl (C=O) groups excluding carboxylic acids is 1.